The van der Waals surface area contributed by atoms with Crippen molar-refractivity contribution in [1.82, 2.24) is 0 Å². The van der Waals surface area contributed by atoms with Crippen LogP contribution in [0.5, 0.6) is 5.75 Å². The Balaban J connectivity index is 2.99. The van der Waals surface area contributed by atoms with Crippen LogP contribution in [0.2, 0.25) is 0 Å². The predicted octanol–water partition coefficient (Wildman–Crippen LogP) is 2.22. The molecule has 2 heteroatoms. The first-order valence-corrected chi connectivity index (χ1v) is 4.05. The Morgan fingerprint density at radius 1 is 1.54 bits per heavy atom. The van der Waals surface area contributed by atoms with Crippen molar-refractivity contribution in [2.45, 2.75) is 19.7 Å². The summed E-state index contributed by atoms with van der Waals surface area (Å²) >= 11 is 0. The molecule has 2 unspecified atom stereocenters. The third kappa shape index (κ3) is 2.90. The average Bonchev–Trinajstić information content (AvgIpc) is 2.26. The van der Waals surface area contributed by atoms with Crippen molar-refractivity contribution in [2.24, 2.45) is 0 Å². The van der Waals surface area contributed by atoms with Gasteiger partial charge in [-0.05, 0) is 25.0 Å². The number of Topliss-reactive ketones (excluding diaryl/α,β-unsaturated/α-hetero) is 1. The zero-order valence-corrected chi connectivity index (χ0v) is 7.78. The molecule has 70 valence electrons. The fourth-order valence-electron chi connectivity index (χ4n) is 1.01. The van der Waals surface area contributed by atoms with Crippen LogP contribution in [0.4, 0.5) is 0 Å². The molecule has 1 aromatic carbocycles. The van der Waals surface area contributed by atoms with Gasteiger partial charge in [0.15, 0.2) is 0 Å². The lowest BCUT2D eigenvalue weighted by Gasteiger charge is -2.06. The van der Waals surface area contributed by atoms with Crippen LogP contribution >= 0.6 is 0 Å². The highest BCUT2D eigenvalue weighted by atomic mass is 16.5. The molecule has 2 atom stereocenters. The van der Waals surface area contributed by atoms with Gasteiger partial charge in [0.2, 0.25) is 0 Å². The van der Waals surface area contributed by atoms with Gasteiger partial charge < -0.3 is 9.53 Å². The summed E-state index contributed by atoms with van der Waals surface area (Å²) < 4.78 is 20.4. The van der Waals surface area contributed by atoms with Gasteiger partial charge in [0.05, 0.1) is 7.11 Å². The first-order chi connectivity index (χ1) is 7.07. The van der Waals surface area contributed by atoms with Gasteiger partial charge in [-0.2, -0.15) is 0 Å². The molecule has 0 aliphatic carbocycles. The van der Waals surface area contributed by atoms with Crippen LogP contribution in [0.15, 0.2) is 24.3 Å². The third-order valence-electron chi connectivity index (χ3n) is 1.64. The fraction of sp³-hybridized carbons (Fsp3) is 0.364. The number of benzene rings is 1. The number of carbonyl (C=O) groups is 1. The van der Waals surface area contributed by atoms with Crippen LogP contribution in [0.25, 0.3) is 0 Å². The summed E-state index contributed by atoms with van der Waals surface area (Å²) in [6.45, 7) is 1.33. The van der Waals surface area contributed by atoms with E-state index in [1.807, 2.05) is 0 Å². The zero-order chi connectivity index (χ0) is 11.4. The highest BCUT2D eigenvalue weighted by Crippen LogP contribution is 2.18. The maximum atomic E-state index is 11.0. The minimum atomic E-state index is -1.05. The van der Waals surface area contributed by atoms with E-state index in [-0.39, 0.29) is 5.78 Å². The van der Waals surface area contributed by atoms with Crippen molar-refractivity contribution in [2.75, 3.05) is 7.11 Å². The first kappa shape index (κ1) is 7.13. The van der Waals surface area contributed by atoms with Crippen molar-refractivity contribution in [3.05, 3.63) is 29.8 Å². The Hall–Kier alpha value is -1.31. The van der Waals surface area contributed by atoms with Crippen LogP contribution in [0.3, 0.4) is 0 Å². The van der Waals surface area contributed by atoms with Crippen LogP contribution < -0.4 is 4.74 Å². The Labute approximate surface area is 81.3 Å². The number of hydrogen-bond acceptors (Lipinski definition) is 2. The van der Waals surface area contributed by atoms with E-state index in [9.17, 15) is 4.79 Å². The van der Waals surface area contributed by atoms with Gasteiger partial charge in [-0.25, -0.2) is 0 Å². The van der Waals surface area contributed by atoms with Gasteiger partial charge in [-0.3, -0.25) is 0 Å². The summed E-state index contributed by atoms with van der Waals surface area (Å²) in [5.74, 6) is 0.247. The van der Waals surface area contributed by atoms with E-state index in [1.54, 1.807) is 24.3 Å². The maximum absolute atomic E-state index is 11.0. The lowest BCUT2D eigenvalue weighted by atomic mass is 10.1. The van der Waals surface area contributed by atoms with Crippen molar-refractivity contribution in [3.8, 4) is 5.75 Å². The Morgan fingerprint density at radius 3 is 2.85 bits per heavy atom. The predicted molar refractivity (Wildman–Crippen MR) is 52.0 cm³/mol. The normalized spacial score (nSPS) is 16.8. The van der Waals surface area contributed by atoms with E-state index in [0.29, 0.717) is 11.3 Å². The van der Waals surface area contributed by atoms with Gasteiger partial charge >= 0.3 is 0 Å². The molecule has 0 saturated carbocycles. The largest absolute Gasteiger partial charge is 0.496 e. The summed E-state index contributed by atoms with van der Waals surface area (Å²) in [6.07, 6.45) is -1.94. The number of methoxy groups -OCH3 is 1. The molecule has 0 heterocycles. The molecule has 0 spiro atoms. The number of para-hydroxylation sites is 1. The van der Waals surface area contributed by atoms with E-state index in [2.05, 4.69) is 0 Å². The Morgan fingerprint density at radius 2 is 2.23 bits per heavy atom. The molecule has 0 aromatic heterocycles. The Kier molecular flexibility index (Phi) is 2.55. The van der Waals surface area contributed by atoms with E-state index < -0.39 is 12.8 Å². The minimum Gasteiger partial charge on any atom is -0.496 e. The number of hydrogen-bond donors (Lipinski definition) is 0. The second-order valence-electron chi connectivity index (χ2n) is 2.69. The maximum Gasteiger partial charge on any atom is 0.130 e. The lowest BCUT2D eigenvalue weighted by molar-refractivity contribution is -0.116. The monoisotopic (exact) mass is 180 g/mol. The van der Waals surface area contributed by atoms with E-state index in [1.165, 1.54) is 14.0 Å². The molecular weight excluding hydrogens is 164 g/mol. The van der Waals surface area contributed by atoms with E-state index in [4.69, 9.17) is 7.48 Å². The molecule has 0 aliphatic rings. The Bertz CT molecular complexity index is 352. The number of ether oxygens (including phenoxy) is 1. The second-order valence-corrected chi connectivity index (χ2v) is 2.69. The molecule has 0 bridgehead atoms. The molecular formula is C11H14O2. The van der Waals surface area contributed by atoms with Crippen molar-refractivity contribution in [1.29, 1.82) is 0 Å². The highest BCUT2D eigenvalue weighted by Gasteiger charge is 2.02. The SMILES string of the molecule is [2H]C(C(C)=O)C([2H])c1ccccc1OC. The topological polar surface area (TPSA) is 26.3 Å². The van der Waals surface area contributed by atoms with Crippen LogP contribution in [0.1, 0.15) is 21.6 Å². The van der Waals surface area contributed by atoms with Gasteiger partial charge in [-0.1, -0.05) is 18.2 Å². The molecule has 1 rings (SSSR count). The third-order valence-corrected chi connectivity index (χ3v) is 1.64. The number of ketones is 1. The second kappa shape index (κ2) is 4.65. The van der Waals surface area contributed by atoms with Crippen molar-refractivity contribution >= 4 is 5.78 Å². The molecule has 2 nitrogen and oxygen atoms in total. The van der Waals surface area contributed by atoms with Crippen LogP contribution in [-0.4, -0.2) is 12.9 Å². The molecule has 0 saturated heterocycles. The summed E-state index contributed by atoms with van der Waals surface area (Å²) in [5.41, 5.74) is 0.579. The fourth-order valence-corrected chi connectivity index (χ4v) is 1.01. The first-order valence-electron chi connectivity index (χ1n) is 5.21. The summed E-state index contributed by atoms with van der Waals surface area (Å²) in [5, 5.41) is 0. The average molecular weight is 180 g/mol. The highest BCUT2D eigenvalue weighted by molar-refractivity contribution is 5.75. The molecule has 13 heavy (non-hydrogen) atoms. The summed E-state index contributed by atoms with van der Waals surface area (Å²) in [6, 6.07) is 7.00. The van der Waals surface area contributed by atoms with Gasteiger partial charge in [-0.15, -0.1) is 0 Å². The molecule has 0 amide bonds. The minimum absolute atomic E-state index is 0.305. The zero-order valence-electron chi connectivity index (χ0n) is 9.78. The molecule has 0 aliphatic heterocycles. The molecule has 0 fully saturated rings. The summed E-state index contributed by atoms with van der Waals surface area (Å²) in [7, 11) is 1.51. The number of carbonyl (C=O) groups excluding carboxylic acids is 1. The molecule has 0 radical (unpaired) electrons. The molecule has 1 aromatic rings. The van der Waals surface area contributed by atoms with Gasteiger partial charge in [0, 0.05) is 9.14 Å². The standard InChI is InChI=1S/C11H14O2/c1-9(12)7-8-10-5-3-4-6-11(10)13-2/h3-6H,7-8H2,1-2H3/i7D,8D. The lowest BCUT2D eigenvalue weighted by Crippen LogP contribution is -1.96. The number of rotatable bonds is 4. The van der Waals surface area contributed by atoms with Crippen LogP contribution in [0, 0.1) is 0 Å². The quantitative estimate of drug-likeness (QED) is 0.710. The van der Waals surface area contributed by atoms with E-state index in [0.717, 1.165) is 0 Å². The van der Waals surface area contributed by atoms with E-state index >= 15 is 0 Å². The van der Waals surface area contributed by atoms with Crippen molar-refractivity contribution in [3.63, 3.8) is 0 Å². The van der Waals surface area contributed by atoms with Gasteiger partial charge in [0.25, 0.3) is 0 Å². The van der Waals surface area contributed by atoms with Gasteiger partial charge in [0.1, 0.15) is 11.5 Å². The molecule has 0 N–H and O–H groups in total. The van der Waals surface area contributed by atoms with Crippen LogP contribution in [-0.2, 0) is 11.2 Å². The number of aryl methyl sites for hydroxylation is 1. The smallest absolute Gasteiger partial charge is 0.130 e. The van der Waals surface area contributed by atoms with Crippen molar-refractivity contribution < 1.29 is 12.3 Å². The summed E-state index contributed by atoms with van der Waals surface area (Å²) in [4.78, 5) is 11.0.